The monoisotopic (exact) mass is 451 g/mol. The van der Waals surface area contributed by atoms with Crippen LogP contribution in [0.25, 0.3) is 10.9 Å². The molecule has 4 rings (SSSR count). The van der Waals surface area contributed by atoms with E-state index >= 15 is 4.39 Å². The van der Waals surface area contributed by atoms with Gasteiger partial charge < -0.3 is 19.5 Å². The summed E-state index contributed by atoms with van der Waals surface area (Å²) >= 11 is 0. The Hall–Kier alpha value is -3.70. The van der Waals surface area contributed by atoms with Gasteiger partial charge in [0.25, 0.3) is 0 Å². The summed E-state index contributed by atoms with van der Waals surface area (Å²) in [6.07, 6.45) is 0.351. The van der Waals surface area contributed by atoms with E-state index in [1.807, 2.05) is 4.90 Å². The maximum absolute atomic E-state index is 15.1. The summed E-state index contributed by atoms with van der Waals surface area (Å²) in [4.78, 5) is 35.0. The third kappa shape index (κ3) is 3.61. The number of nitrogens with zero attached hydrogens (tertiary/aromatic N) is 5. The number of hydrogen-bond acceptors (Lipinski definition) is 6. The molecule has 0 spiro atoms. The smallest absolute Gasteiger partial charge is 0.420 e. The Kier molecular flexibility index (Phi) is 5.23. The van der Waals surface area contributed by atoms with E-state index < -0.39 is 51.1 Å². The number of aromatic nitrogens is 3. The van der Waals surface area contributed by atoms with Crippen LogP contribution in [0.1, 0.15) is 15.9 Å². The Balaban J connectivity index is 1.84. The van der Waals surface area contributed by atoms with Crippen LogP contribution < -0.4 is 15.2 Å². The number of halogens is 4. The molecule has 3 heterocycles. The minimum atomic E-state index is -4.99. The van der Waals surface area contributed by atoms with Gasteiger partial charge in [0.1, 0.15) is 22.8 Å². The van der Waals surface area contributed by atoms with E-state index in [4.69, 9.17) is 0 Å². The fourth-order valence-corrected chi connectivity index (χ4v) is 3.97. The fourth-order valence-electron chi connectivity index (χ4n) is 3.97. The Morgan fingerprint density at radius 3 is 2.34 bits per heavy atom. The molecule has 3 aromatic rings. The van der Waals surface area contributed by atoms with E-state index in [0.717, 1.165) is 10.8 Å². The number of anilines is 2. The number of rotatable bonds is 3. The van der Waals surface area contributed by atoms with E-state index in [2.05, 4.69) is 9.97 Å². The lowest BCUT2D eigenvalue weighted by Crippen LogP contribution is -2.47. The van der Waals surface area contributed by atoms with E-state index in [1.165, 1.54) is 30.5 Å². The number of pyridine rings is 1. The van der Waals surface area contributed by atoms with Gasteiger partial charge in [-0.05, 0) is 6.07 Å². The second-order valence-corrected chi connectivity index (χ2v) is 7.30. The van der Waals surface area contributed by atoms with Crippen molar-refractivity contribution in [1.82, 2.24) is 14.5 Å². The lowest BCUT2D eigenvalue weighted by Gasteiger charge is -2.38. The highest BCUT2D eigenvalue weighted by Gasteiger charge is 2.41. The predicted molar refractivity (Wildman–Crippen MR) is 108 cm³/mol. The molecule has 168 valence electrons. The summed E-state index contributed by atoms with van der Waals surface area (Å²) in [6.45, 7) is 0.709. The quantitative estimate of drug-likeness (QED) is 0.612. The molecule has 0 radical (unpaired) electrons. The molecule has 8 nitrogen and oxygen atoms in total. The highest BCUT2D eigenvalue weighted by molar-refractivity contribution is 5.95. The highest BCUT2D eigenvalue weighted by atomic mass is 19.4. The zero-order chi connectivity index (χ0) is 23.2. The van der Waals surface area contributed by atoms with Crippen LogP contribution in [0, 0.1) is 5.82 Å². The average Bonchev–Trinajstić information content (AvgIpc) is 2.75. The van der Waals surface area contributed by atoms with Crippen molar-refractivity contribution in [3.63, 3.8) is 0 Å². The van der Waals surface area contributed by atoms with Crippen LogP contribution in [0.5, 0.6) is 0 Å². The number of carbonyl (C=O) groups is 1. The van der Waals surface area contributed by atoms with Crippen molar-refractivity contribution in [2.75, 3.05) is 36.0 Å². The van der Waals surface area contributed by atoms with Crippen molar-refractivity contribution in [3.05, 3.63) is 58.0 Å². The highest BCUT2D eigenvalue weighted by Crippen LogP contribution is 2.43. The maximum atomic E-state index is 15.1. The SMILES string of the molecule is Cn1cc(C(=O)O)c(=O)c2cc(F)c(N3CCN(c4cnccn4)CC3)c(C(F)(F)F)c21. The maximum Gasteiger partial charge on any atom is 0.420 e. The molecule has 0 bridgehead atoms. The van der Waals surface area contributed by atoms with Crippen LogP contribution in [-0.2, 0) is 13.2 Å². The number of carboxylic acid groups (broad SMARTS) is 1. The minimum absolute atomic E-state index is 0.0727. The molecule has 2 aromatic heterocycles. The number of aryl methyl sites for hydroxylation is 1. The predicted octanol–water partition coefficient (Wildman–Crippen LogP) is 2.51. The van der Waals surface area contributed by atoms with Crippen LogP contribution >= 0.6 is 0 Å². The van der Waals surface area contributed by atoms with Crippen LogP contribution in [0.4, 0.5) is 29.1 Å². The average molecular weight is 451 g/mol. The molecule has 1 N–H and O–H groups in total. The zero-order valence-electron chi connectivity index (χ0n) is 16.7. The Morgan fingerprint density at radius 1 is 1.12 bits per heavy atom. The molecule has 1 aliphatic rings. The molecule has 1 fully saturated rings. The number of hydrogen-bond donors (Lipinski definition) is 1. The number of carboxylic acids is 1. The first kappa shape index (κ1) is 21.5. The van der Waals surface area contributed by atoms with Crippen LogP contribution in [-0.4, -0.2) is 51.8 Å². The lowest BCUT2D eigenvalue weighted by atomic mass is 10.0. The molecule has 1 aliphatic heterocycles. The van der Waals surface area contributed by atoms with Gasteiger partial charge in [-0.15, -0.1) is 0 Å². The van der Waals surface area contributed by atoms with Gasteiger partial charge in [-0.25, -0.2) is 14.2 Å². The molecular weight excluding hydrogens is 434 g/mol. The first-order valence-electron chi connectivity index (χ1n) is 9.52. The van der Waals surface area contributed by atoms with E-state index in [1.54, 1.807) is 0 Å². The molecule has 0 atom stereocenters. The molecule has 1 aromatic carbocycles. The van der Waals surface area contributed by atoms with Crippen LogP contribution in [0.15, 0.2) is 35.6 Å². The molecule has 0 unspecified atom stereocenters. The number of piperazine rings is 1. The standard InChI is InChI=1S/C20H17F4N5O3/c1-27-10-12(19(31)32)18(30)11-8-13(21)17(15(16(11)27)20(22,23)24)29-6-4-28(5-7-29)14-9-25-2-3-26-14/h2-3,8-10H,4-7H2,1H3,(H,31,32). The van der Waals surface area contributed by atoms with Gasteiger partial charge in [-0.2, -0.15) is 13.2 Å². The first-order chi connectivity index (χ1) is 15.1. The summed E-state index contributed by atoms with van der Waals surface area (Å²) < 4.78 is 58.5. The largest absolute Gasteiger partial charge is 0.477 e. The molecule has 32 heavy (non-hydrogen) atoms. The normalized spacial score (nSPS) is 14.8. The summed E-state index contributed by atoms with van der Waals surface area (Å²) in [5.41, 5.74) is -4.45. The molecule has 12 heteroatoms. The second kappa shape index (κ2) is 7.77. The topological polar surface area (TPSA) is 91.6 Å². The summed E-state index contributed by atoms with van der Waals surface area (Å²) in [5, 5.41) is 8.53. The van der Waals surface area contributed by atoms with E-state index in [9.17, 15) is 27.9 Å². The number of aromatic carboxylic acids is 1. The van der Waals surface area contributed by atoms with Crippen LogP contribution in [0.3, 0.4) is 0 Å². The second-order valence-electron chi connectivity index (χ2n) is 7.30. The zero-order valence-corrected chi connectivity index (χ0v) is 16.7. The third-order valence-electron chi connectivity index (χ3n) is 5.37. The minimum Gasteiger partial charge on any atom is -0.477 e. The van der Waals surface area contributed by atoms with Crippen molar-refractivity contribution >= 4 is 28.4 Å². The van der Waals surface area contributed by atoms with Gasteiger partial charge >= 0.3 is 12.1 Å². The molecular formula is C20H17F4N5O3. The Morgan fingerprint density at radius 2 is 1.78 bits per heavy atom. The van der Waals surface area contributed by atoms with Crippen molar-refractivity contribution < 1.29 is 27.5 Å². The lowest BCUT2D eigenvalue weighted by molar-refractivity contribution is -0.136. The van der Waals surface area contributed by atoms with Crippen molar-refractivity contribution in [1.29, 1.82) is 0 Å². The van der Waals surface area contributed by atoms with Gasteiger partial charge in [0, 0.05) is 51.8 Å². The van der Waals surface area contributed by atoms with Gasteiger partial charge in [0.2, 0.25) is 5.43 Å². The third-order valence-corrected chi connectivity index (χ3v) is 5.37. The first-order valence-corrected chi connectivity index (χ1v) is 9.52. The number of alkyl halides is 3. The molecule has 1 saturated heterocycles. The Bertz CT molecular complexity index is 1250. The number of benzene rings is 1. The summed E-state index contributed by atoms with van der Waals surface area (Å²) in [6, 6.07) is 0.684. The van der Waals surface area contributed by atoms with Crippen LogP contribution in [0.2, 0.25) is 0 Å². The van der Waals surface area contributed by atoms with Gasteiger partial charge in [0.05, 0.1) is 22.8 Å². The summed E-state index contributed by atoms with van der Waals surface area (Å²) in [5.74, 6) is -2.28. The van der Waals surface area contributed by atoms with Crippen molar-refractivity contribution in [2.24, 2.45) is 7.05 Å². The molecule has 0 aliphatic carbocycles. The van der Waals surface area contributed by atoms with E-state index in [-0.39, 0.29) is 26.2 Å². The van der Waals surface area contributed by atoms with Crippen molar-refractivity contribution in [2.45, 2.75) is 6.18 Å². The summed E-state index contributed by atoms with van der Waals surface area (Å²) in [7, 11) is 1.19. The van der Waals surface area contributed by atoms with Gasteiger partial charge in [0.15, 0.2) is 0 Å². The Labute approximate surface area is 178 Å². The fraction of sp³-hybridized carbons (Fsp3) is 0.300. The van der Waals surface area contributed by atoms with Gasteiger partial charge in [-0.3, -0.25) is 9.78 Å². The number of fused-ring (bicyclic) bond motifs is 1. The molecule has 0 amide bonds. The van der Waals surface area contributed by atoms with Crippen molar-refractivity contribution in [3.8, 4) is 0 Å². The van der Waals surface area contributed by atoms with E-state index in [0.29, 0.717) is 11.9 Å². The van der Waals surface area contributed by atoms with Gasteiger partial charge in [-0.1, -0.05) is 0 Å². The molecule has 0 saturated carbocycles.